The highest BCUT2D eigenvalue weighted by atomic mass is 16.5. The lowest BCUT2D eigenvalue weighted by Gasteiger charge is -2.41. The smallest absolute Gasteiger partial charge is 0.122 e. The summed E-state index contributed by atoms with van der Waals surface area (Å²) in [5.41, 5.74) is 1.76. The van der Waals surface area contributed by atoms with Gasteiger partial charge in [0.1, 0.15) is 5.75 Å². The minimum Gasteiger partial charge on any atom is -0.496 e. The van der Waals surface area contributed by atoms with Crippen LogP contribution in [0.5, 0.6) is 5.75 Å². The molecule has 20 heavy (non-hydrogen) atoms. The molecular weight excluding hydrogens is 248 g/mol. The van der Waals surface area contributed by atoms with E-state index in [4.69, 9.17) is 4.74 Å². The van der Waals surface area contributed by atoms with E-state index in [2.05, 4.69) is 28.4 Å². The predicted molar refractivity (Wildman–Crippen MR) is 82.3 cm³/mol. The van der Waals surface area contributed by atoms with E-state index >= 15 is 0 Å². The van der Waals surface area contributed by atoms with Gasteiger partial charge in [-0.3, -0.25) is 4.90 Å². The Hall–Kier alpha value is -1.06. The van der Waals surface area contributed by atoms with Crippen LogP contribution in [0.1, 0.15) is 31.2 Å². The van der Waals surface area contributed by atoms with E-state index in [9.17, 15) is 0 Å². The highest BCUT2D eigenvalue weighted by Gasteiger charge is 2.37. The topological polar surface area (TPSA) is 24.5 Å². The molecule has 1 N–H and O–H groups in total. The van der Waals surface area contributed by atoms with Gasteiger partial charge in [-0.15, -0.1) is 0 Å². The van der Waals surface area contributed by atoms with Gasteiger partial charge in [0, 0.05) is 31.7 Å². The zero-order chi connectivity index (χ0) is 13.8. The van der Waals surface area contributed by atoms with Crippen molar-refractivity contribution in [3.05, 3.63) is 29.8 Å². The molecule has 1 saturated heterocycles. The van der Waals surface area contributed by atoms with Crippen LogP contribution >= 0.6 is 0 Å². The fourth-order valence-electron chi connectivity index (χ4n) is 3.81. The number of hydrogen-bond donors (Lipinski definition) is 1. The Bertz CT molecular complexity index is 440. The summed E-state index contributed by atoms with van der Waals surface area (Å²) < 4.78 is 5.45. The Morgan fingerprint density at radius 1 is 1.25 bits per heavy atom. The minimum atomic E-state index is 0.430. The quantitative estimate of drug-likeness (QED) is 0.913. The Balaban J connectivity index is 1.58. The highest BCUT2D eigenvalue weighted by Crippen LogP contribution is 2.32. The number of hydrogen-bond acceptors (Lipinski definition) is 3. The molecule has 0 radical (unpaired) electrons. The van der Waals surface area contributed by atoms with Crippen LogP contribution in [0.4, 0.5) is 0 Å². The van der Waals surface area contributed by atoms with E-state index in [0.29, 0.717) is 5.54 Å². The molecule has 3 rings (SSSR count). The Morgan fingerprint density at radius 3 is 2.85 bits per heavy atom. The first-order valence-electron chi connectivity index (χ1n) is 7.91. The first kappa shape index (κ1) is 13.9. The molecule has 0 unspecified atom stereocenters. The molecular formula is C17H26N2O. The Labute approximate surface area is 122 Å². The van der Waals surface area contributed by atoms with Crippen LogP contribution in [0.15, 0.2) is 24.3 Å². The van der Waals surface area contributed by atoms with Gasteiger partial charge < -0.3 is 10.1 Å². The third-order valence-corrected chi connectivity index (χ3v) is 4.90. The largest absolute Gasteiger partial charge is 0.496 e. The summed E-state index contributed by atoms with van der Waals surface area (Å²) >= 11 is 0. The molecule has 110 valence electrons. The predicted octanol–water partition coefficient (Wildman–Crippen LogP) is 2.46. The maximum Gasteiger partial charge on any atom is 0.122 e. The summed E-state index contributed by atoms with van der Waals surface area (Å²) in [6.45, 7) is 4.69. The van der Waals surface area contributed by atoms with Crippen LogP contribution in [-0.4, -0.2) is 43.7 Å². The number of ether oxygens (including phenoxy) is 1. The Kier molecular flexibility index (Phi) is 4.27. The van der Waals surface area contributed by atoms with Gasteiger partial charge in [-0.25, -0.2) is 0 Å². The van der Waals surface area contributed by atoms with Gasteiger partial charge in [0.25, 0.3) is 0 Å². The van der Waals surface area contributed by atoms with Crippen molar-refractivity contribution in [3.63, 3.8) is 0 Å². The van der Waals surface area contributed by atoms with Crippen molar-refractivity contribution in [2.24, 2.45) is 0 Å². The lowest BCUT2D eigenvalue weighted by atomic mass is 9.94. The molecule has 0 atom stereocenters. The van der Waals surface area contributed by atoms with E-state index < -0.39 is 0 Å². The molecule has 0 bridgehead atoms. The van der Waals surface area contributed by atoms with Crippen molar-refractivity contribution in [2.45, 2.75) is 37.6 Å². The second kappa shape index (κ2) is 6.15. The summed E-state index contributed by atoms with van der Waals surface area (Å²) in [6, 6.07) is 8.40. The molecule has 1 aromatic rings. The average Bonchev–Trinajstić information content (AvgIpc) is 2.93. The van der Waals surface area contributed by atoms with Crippen LogP contribution in [0.3, 0.4) is 0 Å². The van der Waals surface area contributed by atoms with E-state index in [1.807, 2.05) is 6.07 Å². The van der Waals surface area contributed by atoms with Crippen LogP contribution in [0.25, 0.3) is 0 Å². The monoisotopic (exact) mass is 274 g/mol. The molecule has 2 fully saturated rings. The number of nitrogens with one attached hydrogen (secondary N) is 1. The van der Waals surface area contributed by atoms with Crippen molar-refractivity contribution < 1.29 is 4.74 Å². The number of benzene rings is 1. The first-order valence-corrected chi connectivity index (χ1v) is 7.91. The van der Waals surface area contributed by atoms with Crippen molar-refractivity contribution >= 4 is 0 Å². The van der Waals surface area contributed by atoms with E-state index in [-0.39, 0.29) is 0 Å². The second-order valence-corrected chi connectivity index (χ2v) is 6.25. The summed E-state index contributed by atoms with van der Waals surface area (Å²) in [5.74, 6) is 1.03. The number of methoxy groups -OCH3 is 1. The van der Waals surface area contributed by atoms with Crippen molar-refractivity contribution in [3.8, 4) is 5.75 Å². The highest BCUT2D eigenvalue weighted by molar-refractivity contribution is 5.33. The fraction of sp³-hybridized carbons (Fsp3) is 0.647. The molecule has 1 aromatic carbocycles. The lowest BCUT2D eigenvalue weighted by molar-refractivity contribution is 0.136. The molecule has 3 heteroatoms. The zero-order valence-corrected chi connectivity index (χ0v) is 12.5. The molecule has 1 spiro atoms. The molecule has 1 aliphatic heterocycles. The van der Waals surface area contributed by atoms with E-state index in [0.717, 1.165) is 25.3 Å². The number of para-hydroxylation sites is 1. The molecule has 1 aliphatic carbocycles. The Morgan fingerprint density at radius 2 is 2.05 bits per heavy atom. The van der Waals surface area contributed by atoms with Gasteiger partial charge in [0.15, 0.2) is 0 Å². The van der Waals surface area contributed by atoms with E-state index in [1.165, 1.54) is 44.3 Å². The summed E-state index contributed by atoms with van der Waals surface area (Å²) in [5, 5.41) is 3.78. The van der Waals surface area contributed by atoms with E-state index in [1.54, 1.807) is 7.11 Å². The first-order chi connectivity index (χ1) is 9.81. The maximum absolute atomic E-state index is 5.45. The third-order valence-electron chi connectivity index (χ3n) is 4.90. The minimum absolute atomic E-state index is 0.430. The van der Waals surface area contributed by atoms with Crippen molar-refractivity contribution in [2.75, 3.05) is 33.3 Å². The molecule has 1 heterocycles. The van der Waals surface area contributed by atoms with Gasteiger partial charge >= 0.3 is 0 Å². The summed E-state index contributed by atoms with van der Waals surface area (Å²) in [7, 11) is 1.76. The van der Waals surface area contributed by atoms with Crippen LogP contribution in [0.2, 0.25) is 0 Å². The number of rotatable bonds is 4. The number of piperazine rings is 1. The molecule has 2 aliphatic rings. The van der Waals surface area contributed by atoms with Crippen LogP contribution in [0, 0.1) is 0 Å². The molecule has 0 amide bonds. The zero-order valence-electron chi connectivity index (χ0n) is 12.5. The van der Waals surface area contributed by atoms with Gasteiger partial charge in [-0.1, -0.05) is 31.0 Å². The standard InChI is InChI=1S/C17H26N2O/c1-20-16-7-3-2-6-15(16)8-12-19-13-11-18-17(14-19)9-4-5-10-17/h2-3,6-7,18H,4-5,8-14H2,1H3. The summed E-state index contributed by atoms with van der Waals surface area (Å²) in [4.78, 5) is 2.63. The van der Waals surface area contributed by atoms with Crippen LogP contribution in [-0.2, 0) is 6.42 Å². The molecule has 0 aromatic heterocycles. The SMILES string of the molecule is COc1ccccc1CCN1CCNC2(CCCC2)C1. The molecule has 1 saturated carbocycles. The van der Waals surface area contributed by atoms with Crippen LogP contribution < -0.4 is 10.1 Å². The van der Waals surface area contributed by atoms with Gasteiger partial charge in [-0.2, -0.15) is 0 Å². The average molecular weight is 274 g/mol. The van der Waals surface area contributed by atoms with Crippen molar-refractivity contribution in [1.29, 1.82) is 0 Å². The summed E-state index contributed by atoms with van der Waals surface area (Å²) in [6.07, 6.45) is 6.59. The molecule has 3 nitrogen and oxygen atoms in total. The number of nitrogens with zero attached hydrogens (tertiary/aromatic N) is 1. The van der Waals surface area contributed by atoms with Gasteiger partial charge in [0.2, 0.25) is 0 Å². The lowest BCUT2D eigenvalue weighted by Crippen LogP contribution is -2.59. The van der Waals surface area contributed by atoms with Gasteiger partial charge in [0.05, 0.1) is 7.11 Å². The fourth-order valence-corrected chi connectivity index (χ4v) is 3.81. The van der Waals surface area contributed by atoms with Gasteiger partial charge in [-0.05, 0) is 30.9 Å². The maximum atomic E-state index is 5.45. The van der Waals surface area contributed by atoms with Crippen molar-refractivity contribution in [1.82, 2.24) is 10.2 Å². The third kappa shape index (κ3) is 2.99. The normalized spacial score (nSPS) is 22.2. The second-order valence-electron chi connectivity index (χ2n) is 6.25.